The largest absolute Gasteiger partial charge is 0.339 e. The summed E-state index contributed by atoms with van der Waals surface area (Å²) in [5.41, 5.74) is 1.20. The number of amides is 1. The Morgan fingerprint density at radius 1 is 1.14 bits per heavy atom. The number of likely N-dealkylation sites (tertiary alicyclic amines) is 2. The molecule has 3 heteroatoms. The second kappa shape index (κ2) is 7.10. The van der Waals surface area contributed by atoms with E-state index in [1.165, 1.54) is 24.8 Å². The van der Waals surface area contributed by atoms with Gasteiger partial charge in [-0.2, -0.15) is 0 Å². The first kappa shape index (κ1) is 15.3. The van der Waals surface area contributed by atoms with Crippen molar-refractivity contribution in [3.05, 3.63) is 42.0 Å². The van der Waals surface area contributed by atoms with Crippen molar-refractivity contribution >= 4 is 12.0 Å². The molecule has 2 fully saturated rings. The summed E-state index contributed by atoms with van der Waals surface area (Å²) in [6, 6.07) is 10.5. The Hall–Kier alpha value is -1.61. The number of carbonyl (C=O) groups excluding carboxylic acids is 1. The topological polar surface area (TPSA) is 23.6 Å². The molecule has 2 heterocycles. The van der Waals surface area contributed by atoms with Gasteiger partial charge in [-0.25, -0.2) is 0 Å². The fourth-order valence-corrected chi connectivity index (χ4v) is 3.60. The fourth-order valence-electron chi connectivity index (χ4n) is 3.60. The number of hydrogen-bond acceptors (Lipinski definition) is 2. The zero-order valence-corrected chi connectivity index (χ0v) is 13.4. The van der Waals surface area contributed by atoms with Crippen LogP contribution in [0.2, 0.25) is 0 Å². The van der Waals surface area contributed by atoms with E-state index < -0.39 is 0 Å². The maximum absolute atomic E-state index is 12.5. The summed E-state index contributed by atoms with van der Waals surface area (Å²) < 4.78 is 0. The van der Waals surface area contributed by atoms with Crippen LogP contribution in [0.3, 0.4) is 0 Å². The second-order valence-electron chi connectivity index (χ2n) is 6.58. The van der Waals surface area contributed by atoms with Crippen molar-refractivity contribution in [1.29, 1.82) is 0 Å². The molecule has 0 unspecified atom stereocenters. The molecule has 118 valence electrons. The fraction of sp³-hybridized carbons (Fsp3) is 0.526. The summed E-state index contributed by atoms with van der Waals surface area (Å²) in [5, 5.41) is 0. The molecule has 2 aliphatic heterocycles. The summed E-state index contributed by atoms with van der Waals surface area (Å²) in [6.07, 6.45) is 9.19. The first-order valence-electron chi connectivity index (χ1n) is 8.46. The van der Waals surface area contributed by atoms with Gasteiger partial charge in [0, 0.05) is 13.6 Å². The highest BCUT2D eigenvalue weighted by Crippen LogP contribution is 2.26. The first-order valence-corrected chi connectivity index (χ1v) is 8.46. The minimum absolute atomic E-state index is 0.175. The van der Waals surface area contributed by atoms with Gasteiger partial charge in [-0.1, -0.05) is 48.9 Å². The van der Waals surface area contributed by atoms with E-state index in [0.717, 1.165) is 26.1 Å². The molecule has 0 N–H and O–H groups in total. The average molecular weight is 298 g/mol. The van der Waals surface area contributed by atoms with Crippen molar-refractivity contribution in [2.45, 2.75) is 31.7 Å². The van der Waals surface area contributed by atoms with E-state index in [2.05, 4.69) is 29.2 Å². The lowest BCUT2D eigenvalue weighted by Gasteiger charge is -2.28. The highest BCUT2D eigenvalue weighted by molar-refractivity contribution is 5.82. The quantitative estimate of drug-likeness (QED) is 0.853. The predicted molar refractivity (Wildman–Crippen MR) is 90.4 cm³/mol. The molecule has 0 bridgehead atoms. The molecular formula is C19H26N2O. The Balaban J connectivity index is 1.60. The van der Waals surface area contributed by atoms with E-state index in [-0.39, 0.29) is 12.0 Å². The van der Waals surface area contributed by atoms with Crippen LogP contribution in [0, 0.1) is 5.92 Å². The number of piperidine rings is 1. The zero-order chi connectivity index (χ0) is 15.4. The van der Waals surface area contributed by atoms with Crippen molar-refractivity contribution in [3.8, 4) is 0 Å². The smallest absolute Gasteiger partial charge is 0.227 e. The Labute approximate surface area is 133 Å². The van der Waals surface area contributed by atoms with E-state index in [1.807, 2.05) is 30.1 Å². The van der Waals surface area contributed by atoms with Crippen LogP contribution in [0.4, 0.5) is 0 Å². The minimum Gasteiger partial charge on any atom is -0.339 e. The highest BCUT2D eigenvalue weighted by Gasteiger charge is 2.36. The number of likely N-dealkylation sites (N-methyl/N-ethyl adjacent to an activating group) is 1. The van der Waals surface area contributed by atoms with E-state index in [0.29, 0.717) is 5.91 Å². The second-order valence-corrected chi connectivity index (χ2v) is 6.58. The molecule has 3 rings (SSSR count). The molecular weight excluding hydrogens is 272 g/mol. The number of rotatable bonds is 4. The summed E-state index contributed by atoms with van der Waals surface area (Å²) in [5.74, 6) is 0.488. The van der Waals surface area contributed by atoms with Crippen molar-refractivity contribution in [3.63, 3.8) is 0 Å². The van der Waals surface area contributed by atoms with Crippen LogP contribution >= 0.6 is 0 Å². The van der Waals surface area contributed by atoms with Crippen molar-refractivity contribution in [2.75, 3.05) is 26.7 Å². The molecule has 1 amide bonds. The van der Waals surface area contributed by atoms with Gasteiger partial charge < -0.3 is 9.80 Å². The number of nitrogens with zero attached hydrogens (tertiary/aromatic N) is 2. The lowest BCUT2D eigenvalue weighted by molar-refractivity contribution is -0.130. The van der Waals surface area contributed by atoms with Gasteiger partial charge in [-0.3, -0.25) is 4.79 Å². The van der Waals surface area contributed by atoms with Gasteiger partial charge in [-0.15, -0.1) is 0 Å². The normalized spacial score (nSPS) is 27.0. The molecule has 0 radical (unpaired) electrons. The maximum atomic E-state index is 12.5. The van der Waals surface area contributed by atoms with E-state index in [9.17, 15) is 4.79 Å². The van der Waals surface area contributed by atoms with Gasteiger partial charge in [0.1, 0.15) is 0 Å². The van der Waals surface area contributed by atoms with E-state index in [4.69, 9.17) is 0 Å². The van der Waals surface area contributed by atoms with Gasteiger partial charge in [0.25, 0.3) is 0 Å². The number of carbonyl (C=O) groups is 1. The third-order valence-corrected chi connectivity index (χ3v) is 4.96. The first-order chi connectivity index (χ1) is 10.7. The summed E-state index contributed by atoms with van der Waals surface area (Å²) in [6.45, 7) is 3.27. The van der Waals surface area contributed by atoms with Gasteiger partial charge in [0.15, 0.2) is 0 Å². The van der Waals surface area contributed by atoms with Crippen molar-refractivity contribution < 1.29 is 4.79 Å². The molecule has 1 aromatic carbocycles. The van der Waals surface area contributed by atoms with Gasteiger partial charge >= 0.3 is 0 Å². The molecule has 0 aromatic heterocycles. The van der Waals surface area contributed by atoms with Crippen LogP contribution in [-0.4, -0.2) is 48.4 Å². The van der Waals surface area contributed by atoms with Gasteiger partial charge in [0.2, 0.25) is 5.91 Å². The van der Waals surface area contributed by atoms with Gasteiger partial charge in [-0.05, 0) is 37.9 Å². The molecule has 2 saturated heterocycles. The molecule has 0 aliphatic carbocycles. The zero-order valence-electron chi connectivity index (χ0n) is 13.4. The highest BCUT2D eigenvalue weighted by atomic mass is 16.2. The monoisotopic (exact) mass is 298 g/mol. The van der Waals surface area contributed by atoms with Gasteiger partial charge in [0.05, 0.1) is 12.0 Å². The minimum atomic E-state index is 0.175. The van der Waals surface area contributed by atoms with Crippen LogP contribution in [-0.2, 0) is 4.79 Å². The molecule has 2 aliphatic rings. The molecule has 1 aromatic rings. The molecule has 3 nitrogen and oxygen atoms in total. The SMILES string of the molecule is CN1C(=O)[C@@H](CN2CCCCC2)C[C@H]1C=Cc1ccccc1. The Bertz CT molecular complexity index is 519. The third kappa shape index (κ3) is 3.58. The summed E-state index contributed by atoms with van der Waals surface area (Å²) in [4.78, 5) is 16.9. The summed E-state index contributed by atoms with van der Waals surface area (Å²) >= 11 is 0. The average Bonchev–Trinajstić information content (AvgIpc) is 2.83. The number of hydrogen-bond donors (Lipinski definition) is 0. The van der Waals surface area contributed by atoms with Crippen LogP contribution in [0.5, 0.6) is 0 Å². The van der Waals surface area contributed by atoms with Crippen molar-refractivity contribution in [2.24, 2.45) is 5.92 Å². The Morgan fingerprint density at radius 2 is 1.86 bits per heavy atom. The lowest BCUT2D eigenvalue weighted by Crippen LogP contribution is -2.37. The predicted octanol–water partition coefficient (Wildman–Crippen LogP) is 3.03. The van der Waals surface area contributed by atoms with Crippen LogP contribution in [0.15, 0.2) is 36.4 Å². The van der Waals surface area contributed by atoms with E-state index >= 15 is 0 Å². The van der Waals surface area contributed by atoms with Crippen LogP contribution in [0.25, 0.3) is 6.08 Å². The Morgan fingerprint density at radius 3 is 2.59 bits per heavy atom. The molecule has 22 heavy (non-hydrogen) atoms. The van der Waals surface area contributed by atoms with Crippen LogP contribution < -0.4 is 0 Å². The Kier molecular flexibility index (Phi) is 4.94. The lowest BCUT2D eigenvalue weighted by atomic mass is 10.0. The van der Waals surface area contributed by atoms with Crippen LogP contribution in [0.1, 0.15) is 31.2 Å². The molecule has 0 spiro atoms. The molecule has 2 atom stereocenters. The third-order valence-electron chi connectivity index (χ3n) is 4.96. The number of benzene rings is 1. The standard InChI is InChI=1S/C19H26N2O/c1-20-18(11-10-16-8-4-2-5-9-16)14-17(19(20)22)15-21-12-6-3-7-13-21/h2,4-5,8-11,17-18H,3,6-7,12-15H2,1H3/t17-,18-/m1/s1. The van der Waals surface area contributed by atoms with E-state index in [1.54, 1.807) is 0 Å². The maximum Gasteiger partial charge on any atom is 0.227 e. The summed E-state index contributed by atoms with van der Waals surface area (Å²) in [7, 11) is 1.94. The van der Waals surface area contributed by atoms with Crippen molar-refractivity contribution in [1.82, 2.24) is 9.80 Å². The molecule has 0 saturated carbocycles.